The molecule has 1 aliphatic heterocycles. The van der Waals surface area contributed by atoms with Crippen LogP contribution in [0.4, 0.5) is 0 Å². The van der Waals surface area contributed by atoms with E-state index in [1.54, 1.807) is 6.08 Å². The van der Waals surface area contributed by atoms with Crippen LogP contribution < -0.4 is 0 Å². The van der Waals surface area contributed by atoms with Crippen molar-refractivity contribution in [2.75, 3.05) is 13.2 Å². The van der Waals surface area contributed by atoms with Gasteiger partial charge in [-0.1, -0.05) is 67.5 Å². The molecule has 2 N–H and O–H groups in total. The number of aliphatic hydroxyl groups is 1. The molecule has 3 saturated carbocycles. The summed E-state index contributed by atoms with van der Waals surface area (Å²) >= 11 is 2.19. The fourth-order valence-corrected chi connectivity index (χ4v) is 10.5. The predicted octanol–water partition coefficient (Wildman–Crippen LogP) is 4.41. The smallest absolute Gasteiger partial charge is 0.315 e. The number of allylic oxidation sites excluding steroid dienone is 1. The Bertz CT molecular complexity index is 981. The highest BCUT2D eigenvalue weighted by atomic mass is 127. The molecule has 0 aromatic rings. The molecule has 0 radical (unpaired) electrons. The van der Waals surface area contributed by atoms with Gasteiger partial charge in [-0.3, -0.25) is 4.79 Å². The van der Waals surface area contributed by atoms with Crippen LogP contribution in [0, 0.1) is 45.8 Å². The summed E-state index contributed by atoms with van der Waals surface area (Å²) in [5.41, 5.74) is -2.09. The van der Waals surface area contributed by atoms with E-state index in [9.17, 15) is 19.8 Å². The van der Waals surface area contributed by atoms with Crippen molar-refractivity contribution in [3.05, 3.63) is 24.3 Å². The third-order valence-corrected chi connectivity index (χ3v) is 12.2. The van der Waals surface area contributed by atoms with E-state index >= 15 is 0 Å². The molecule has 7 nitrogen and oxygen atoms in total. The molecule has 37 heavy (non-hydrogen) atoms. The summed E-state index contributed by atoms with van der Waals surface area (Å²) in [5.74, 6) is -0.141. The third-order valence-electron chi connectivity index (χ3n) is 10.8. The first-order chi connectivity index (χ1) is 17.5. The number of carboxylic acids is 1. The Morgan fingerprint density at radius 1 is 1.30 bits per heavy atom. The molecule has 0 spiro atoms. The molecule has 8 heteroatoms. The highest BCUT2D eigenvalue weighted by Gasteiger charge is 2.84. The lowest BCUT2D eigenvalue weighted by molar-refractivity contribution is -0.276. The maximum Gasteiger partial charge on any atom is 0.315 e. The second-order valence-corrected chi connectivity index (χ2v) is 14.0. The zero-order valence-electron chi connectivity index (χ0n) is 22.3. The second kappa shape index (κ2) is 9.68. The summed E-state index contributed by atoms with van der Waals surface area (Å²) in [6.45, 7) is 12.4. The van der Waals surface area contributed by atoms with Crippen LogP contribution in [0.25, 0.3) is 0 Å². The van der Waals surface area contributed by atoms with Crippen LogP contribution in [0.3, 0.4) is 0 Å². The van der Waals surface area contributed by atoms with Gasteiger partial charge in [0.15, 0.2) is 6.29 Å². The van der Waals surface area contributed by atoms with Gasteiger partial charge in [-0.05, 0) is 55.8 Å². The molecule has 4 aliphatic carbocycles. The van der Waals surface area contributed by atoms with E-state index in [2.05, 4.69) is 42.2 Å². The van der Waals surface area contributed by atoms with Crippen LogP contribution in [0.5, 0.6) is 0 Å². The van der Waals surface area contributed by atoms with Crippen LogP contribution in [0.15, 0.2) is 24.3 Å². The normalized spacial score (nSPS) is 50.1. The summed E-state index contributed by atoms with van der Waals surface area (Å²) in [4.78, 5) is 26.7. The third kappa shape index (κ3) is 3.50. The fourth-order valence-electron chi connectivity index (χ4n) is 9.38. The van der Waals surface area contributed by atoms with Crippen LogP contribution in [0.1, 0.15) is 53.4 Å². The Labute approximate surface area is 233 Å². The molecule has 5 aliphatic rings. The summed E-state index contributed by atoms with van der Waals surface area (Å²) in [5, 5.41) is 22.2. The minimum Gasteiger partial charge on any atom is -0.481 e. The second-order valence-electron chi connectivity index (χ2n) is 12.5. The SMILES string of the molecule is C=CCO[C@H]1[C@H](I)[C@H](O)[C@H](OCC23CC4C(C)CCC4C4(C=O)CC2C=C(C(C)C)C43C(=O)O)O[C@@H]1C. The van der Waals surface area contributed by atoms with Gasteiger partial charge in [-0.25, -0.2) is 0 Å². The average molecular weight is 629 g/mol. The van der Waals surface area contributed by atoms with E-state index in [4.69, 9.17) is 14.2 Å². The minimum absolute atomic E-state index is 0.00788. The number of carboxylic acid groups (broad SMARTS) is 1. The van der Waals surface area contributed by atoms with Gasteiger partial charge >= 0.3 is 5.97 Å². The van der Waals surface area contributed by atoms with Crippen molar-refractivity contribution in [3.8, 4) is 0 Å². The molecule has 1 saturated heterocycles. The number of hydrogen-bond donors (Lipinski definition) is 2. The van der Waals surface area contributed by atoms with Gasteiger partial charge in [0.05, 0.1) is 34.8 Å². The molecule has 206 valence electrons. The van der Waals surface area contributed by atoms with Crippen molar-refractivity contribution < 1.29 is 34.0 Å². The standard InChI is InChI=1S/C29H41IO7/c1-6-9-35-24-17(5)37-25(23(32)22(24)30)36-14-28-12-19-16(4)7-8-20(19)27(13-31)11-18(28)10-21(15(2)3)29(27,28)26(33)34/h6,10,13,15-20,22-25,32H,1,7-9,11-12,14H2,2-5H3,(H,33,34)/t16?,17-,18?,19?,20?,22-,23+,24-,25-,27?,28?,29?/m1/s1. The van der Waals surface area contributed by atoms with E-state index in [1.165, 1.54) is 0 Å². The zero-order valence-corrected chi connectivity index (χ0v) is 24.4. The number of aliphatic carboxylic acids is 1. The van der Waals surface area contributed by atoms with Crippen molar-refractivity contribution in [3.63, 3.8) is 0 Å². The lowest BCUT2D eigenvalue weighted by Crippen LogP contribution is -2.64. The molecule has 4 bridgehead atoms. The highest BCUT2D eigenvalue weighted by Crippen LogP contribution is 2.82. The van der Waals surface area contributed by atoms with Crippen molar-refractivity contribution in [1.82, 2.24) is 0 Å². The molecule has 1 heterocycles. The van der Waals surface area contributed by atoms with Gasteiger partial charge in [0.1, 0.15) is 17.8 Å². The molecule has 0 amide bonds. The van der Waals surface area contributed by atoms with Gasteiger partial charge in [0, 0.05) is 5.41 Å². The van der Waals surface area contributed by atoms with Crippen LogP contribution in [-0.4, -0.2) is 64.2 Å². The van der Waals surface area contributed by atoms with Gasteiger partial charge in [0.25, 0.3) is 0 Å². The van der Waals surface area contributed by atoms with Crippen molar-refractivity contribution in [2.45, 2.75) is 81.9 Å². The maximum absolute atomic E-state index is 13.6. The number of ether oxygens (including phenoxy) is 3. The molecular weight excluding hydrogens is 587 g/mol. The number of aldehydes is 1. The van der Waals surface area contributed by atoms with Crippen LogP contribution >= 0.6 is 22.6 Å². The highest BCUT2D eigenvalue weighted by molar-refractivity contribution is 14.1. The number of aliphatic hydroxyl groups excluding tert-OH is 1. The van der Waals surface area contributed by atoms with E-state index in [1.807, 2.05) is 20.8 Å². The van der Waals surface area contributed by atoms with Gasteiger partial charge in [-0.15, -0.1) is 6.58 Å². The van der Waals surface area contributed by atoms with Gasteiger partial charge < -0.3 is 29.2 Å². The molecule has 7 unspecified atom stereocenters. The number of fused-ring (bicyclic) bond motifs is 2. The number of carbonyl (C=O) groups is 2. The average Bonchev–Trinajstić information content (AvgIpc) is 3.42. The van der Waals surface area contributed by atoms with E-state index < -0.39 is 34.6 Å². The van der Waals surface area contributed by atoms with Crippen molar-refractivity contribution >= 4 is 34.8 Å². The number of halogens is 1. The van der Waals surface area contributed by atoms with E-state index in [0.29, 0.717) is 18.9 Å². The summed E-state index contributed by atoms with van der Waals surface area (Å²) in [6.07, 6.45) is 5.61. The van der Waals surface area contributed by atoms with Crippen molar-refractivity contribution in [2.24, 2.45) is 45.8 Å². The zero-order chi connectivity index (χ0) is 26.9. The first-order valence-electron chi connectivity index (χ1n) is 13.8. The molecule has 12 atom stereocenters. The topological polar surface area (TPSA) is 102 Å². The first kappa shape index (κ1) is 27.7. The Morgan fingerprint density at radius 3 is 2.65 bits per heavy atom. The Morgan fingerprint density at radius 2 is 2.03 bits per heavy atom. The Kier molecular flexibility index (Phi) is 7.26. The fraction of sp³-hybridized carbons (Fsp3) is 0.793. The minimum atomic E-state index is -1.30. The van der Waals surface area contributed by atoms with E-state index in [0.717, 1.165) is 31.1 Å². The van der Waals surface area contributed by atoms with Gasteiger partial charge in [0.2, 0.25) is 0 Å². The molecule has 0 aromatic heterocycles. The number of hydrogen-bond acceptors (Lipinski definition) is 6. The molecular formula is C29H41IO7. The summed E-state index contributed by atoms with van der Waals surface area (Å²) < 4.78 is 18.1. The largest absolute Gasteiger partial charge is 0.481 e. The van der Waals surface area contributed by atoms with Crippen LogP contribution in [-0.2, 0) is 23.8 Å². The van der Waals surface area contributed by atoms with Crippen molar-refractivity contribution in [1.29, 1.82) is 0 Å². The van der Waals surface area contributed by atoms with Crippen LogP contribution in [0.2, 0.25) is 0 Å². The Balaban J connectivity index is 1.51. The number of carbonyl (C=O) groups excluding carboxylic acids is 1. The summed E-state index contributed by atoms with van der Waals surface area (Å²) in [7, 11) is 0. The molecule has 5 rings (SSSR count). The molecule has 0 aromatic carbocycles. The summed E-state index contributed by atoms with van der Waals surface area (Å²) in [6, 6.07) is 0. The maximum atomic E-state index is 13.6. The lowest BCUT2D eigenvalue weighted by Gasteiger charge is -2.58. The predicted molar refractivity (Wildman–Crippen MR) is 146 cm³/mol. The Hall–Kier alpha value is -0.810. The quantitative estimate of drug-likeness (QED) is 0.169. The molecule has 4 fully saturated rings. The monoisotopic (exact) mass is 628 g/mol. The van der Waals surface area contributed by atoms with E-state index in [-0.39, 0.29) is 46.4 Å². The van der Waals surface area contributed by atoms with Gasteiger partial charge in [-0.2, -0.15) is 0 Å². The lowest BCUT2D eigenvalue weighted by atomic mass is 9.43. The first-order valence-corrected chi connectivity index (χ1v) is 15.0. The number of alkyl halides is 1. The number of rotatable bonds is 9.